The molecule has 0 aliphatic heterocycles. The quantitative estimate of drug-likeness (QED) is 0.730. The molecule has 1 amide bonds. The highest BCUT2D eigenvalue weighted by atomic mass is 32.1. The summed E-state index contributed by atoms with van der Waals surface area (Å²) in [5.74, 6) is 0.582. The maximum atomic E-state index is 11.8. The molecule has 0 aliphatic rings. The molecule has 0 radical (unpaired) electrons. The van der Waals surface area contributed by atoms with Crippen molar-refractivity contribution >= 4 is 22.4 Å². The molecule has 1 atom stereocenters. The molecule has 1 aromatic rings. The average Bonchev–Trinajstić information content (AvgIpc) is 2.84. The second kappa shape index (κ2) is 8.98. The molecule has 3 N–H and O–H groups in total. The summed E-state index contributed by atoms with van der Waals surface area (Å²) in [6.07, 6.45) is 5.57. The van der Waals surface area contributed by atoms with Gasteiger partial charge in [0.15, 0.2) is 0 Å². The van der Waals surface area contributed by atoms with Crippen LogP contribution in [0, 0.1) is 5.92 Å². The molecule has 1 heterocycles. The zero-order valence-electron chi connectivity index (χ0n) is 11.8. The van der Waals surface area contributed by atoms with Crippen molar-refractivity contribution in [3.63, 3.8) is 0 Å². The van der Waals surface area contributed by atoms with Crippen LogP contribution in [-0.4, -0.2) is 22.6 Å². The summed E-state index contributed by atoms with van der Waals surface area (Å²) in [5, 5.41) is 12.3. The van der Waals surface area contributed by atoms with Gasteiger partial charge in [-0.25, -0.2) is 0 Å². The lowest BCUT2D eigenvalue weighted by atomic mass is 9.94. The molecule has 108 valence electrons. The van der Waals surface area contributed by atoms with Crippen molar-refractivity contribution in [2.75, 3.05) is 11.9 Å². The van der Waals surface area contributed by atoms with Crippen LogP contribution in [0.4, 0.5) is 5.13 Å². The van der Waals surface area contributed by atoms with Crippen molar-refractivity contribution in [2.24, 2.45) is 11.7 Å². The molecule has 0 saturated heterocycles. The molecule has 5 nitrogen and oxygen atoms in total. The highest BCUT2D eigenvalue weighted by Gasteiger charge is 2.11. The summed E-state index contributed by atoms with van der Waals surface area (Å²) in [7, 11) is 0. The number of amides is 1. The summed E-state index contributed by atoms with van der Waals surface area (Å²) in [5.41, 5.74) is 5.59. The third kappa shape index (κ3) is 6.11. The van der Waals surface area contributed by atoms with E-state index in [0.29, 0.717) is 24.0 Å². The first kappa shape index (κ1) is 16.0. The zero-order chi connectivity index (χ0) is 14.1. The van der Waals surface area contributed by atoms with E-state index >= 15 is 0 Å². The van der Waals surface area contributed by atoms with Crippen molar-refractivity contribution in [1.82, 2.24) is 10.2 Å². The van der Waals surface area contributed by atoms with Crippen molar-refractivity contribution in [3.05, 3.63) is 5.01 Å². The minimum atomic E-state index is 0.0249. The Balaban J connectivity index is 2.33. The number of carbonyl (C=O) groups excluding carboxylic acids is 1. The number of nitrogens with zero attached hydrogens (tertiary/aromatic N) is 2. The predicted molar refractivity (Wildman–Crippen MR) is 79.2 cm³/mol. The first-order valence-corrected chi connectivity index (χ1v) is 7.83. The largest absolute Gasteiger partial charge is 0.330 e. The maximum Gasteiger partial charge on any atom is 0.226 e. The van der Waals surface area contributed by atoms with Gasteiger partial charge in [-0.2, -0.15) is 0 Å². The molecule has 6 heteroatoms. The minimum Gasteiger partial charge on any atom is -0.330 e. The summed E-state index contributed by atoms with van der Waals surface area (Å²) in [6, 6.07) is 0. The zero-order valence-corrected chi connectivity index (χ0v) is 12.6. The summed E-state index contributed by atoms with van der Waals surface area (Å²) in [4.78, 5) is 11.8. The molecule has 0 aliphatic carbocycles. The topological polar surface area (TPSA) is 80.9 Å². The molecule has 0 aromatic carbocycles. The molecular formula is C13H24N4OS. The van der Waals surface area contributed by atoms with Crippen LogP contribution in [0.15, 0.2) is 0 Å². The molecule has 1 aromatic heterocycles. The van der Waals surface area contributed by atoms with Crippen molar-refractivity contribution in [3.8, 4) is 0 Å². The number of anilines is 1. The third-order valence-corrected chi connectivity index (χ3v) is 4.05. The Hall–Kier alpha value is -1.01. The molecular weight excluding hydrogens is 260 g/mol. The van der Waals surface area contributed by atoms with E-state index in [-0.39, 0.29) is 5.91 Å². The van der Waals surface area contributed by atoms with Gasteiger partial charge in [-0.3, -0.25) is 4.79 Å². The van der Waals surface area contributed by atoms with Gasteiger partial charge in [0.1, 0.15) is 5.01 Å². The van der Waals surface area contributed by atoms with Gasteiger partial charge < -0.3 is 11.1 Å². The fourth-order valence-electron chi connectivity index (χ4n) is 2.04. The van der Waals surface area contributed by atoms with Crippen LogP contribution in [0.1, 0.15) is 51.0 Å². The Kier molecular flexibility index (Phi) is 7.59. The molecule has 1 rings (SSSR count). The van der Waals surface area contributed by atoms with E-state index in [0.717, 1.165) is 37.1 Å². The van der Waals surface area contributed by atoms with Gasteiger partial charge in [0.05, 0.1) is 0 Å². The summed E-state index contributed by atoms with van der Waals surface area (Å²) < 4.78 is 0. The molecule has 1 unspecified atom stereocenters. The van der Waals surface area contributed by atoms with Crippen LogP contribution >= 0.6 is 11.3 Å². The Morgan fingerprint density at radius 1 is 1.32 bits per heavy atom. The van der Waals surface area contributed by atoms with E-state index in [2.05, 4.69) is 22.4 Å². The number of nitrogens with one attached hydrogen (secondary N) is 1. The van der Waals surface area contributed by atoms with E-state index in [1.54, 1.807) is 0 Å². The minimum absolute atomic E-state index is 0.0249. The number of nitrogens with two attached hydrogens (primary N) is 1. The highest BCUT2D eigenvalue weighted by molar-refractivity contribution is 7.15. The lowest BCUT2D eigenvalue weighted by Crippen LogP contribution is -2.15. The number of aromatic nitrogens is 2. The third-order valence-electron chi connectivity index (χ3n) is 3.07. The fourth-order valence-corrected chi connectivity index (χ4v) is 2.74. The van der Waals surface area contributed by atoms with Gasteiger partial charge >= 0.3 is 0 Å². The highest BCUT2D eigenvalue weighted by Crippen LogP contribution is 2.19. The van der Waals surface area contributed by atoms with Crippen molar-refractivity contribution < 1.29 is 4.79 Å². The molecule has 0 fully saturated rings. The Morgan fingerprint density at radius 3 is 2.68 bits per heavy atom. The molecule has 19 heavy (non-hydrogen) atoms. The van der Waals surface area contributed by atoms with Gasteiger partial charge in [0, 0.05) is 6.42 Å². The average molecular weight is 284 g/mol. The van der Waals surface area contributed by atoms with E-state index in [1.165, 1.54) is 11.3 Å². The molecule has 0 bridgehead atoms. The maximum absolute atomic E-state index is 11.8. The SMILES string of the molecule is CCCC(CCN)CCC(=O)Nc1nnc(CC)s1. The normalized spacial score (nSPS) is 12.4. The van der Waals surface area contributed by atoms with E-state index in [9.17, 15) is 4.79 Å². The second-order valence-corrected chi connectivity index (χ2v) is 5.74. The lowest BCUT2D eigenvalue weighted by molar-refractivity contribution is -0.116. The van der Waals surface area contributed by atoms with Crippen LogP contribution in [-0.2, 0) is 11.2 Å². The van der Waals surface area contributed by atoms with E-state index < -0.39 is 0 Å². The molecule has 0 saturated carbocycles. The standard InChI is InChI=1S/C13H24N4OS/c1-3-5-10(8-9-14)6-7-11(18)15-13-17-16-12(4-2)19-13/h10H,3-9,14H2,1-2H3,(H,15,17,18). The fraction of sp³-hybridized carbons (Fsp3) is 0.769. The van der Waals surface area contributed by atoms with Crippen molar-refractivity contribution in [1.29, 1.82) is 0 Å². The Bertz CT molecular complexity index is 374. The molecule has 0 spiro atoms. The van der Waals surface area contributed by atoms with Gasteiger partial charge in [-0.15, -0.1) is 10.2 Å². The summed E-state index contributed by atoms with van der Waals surface area (Å²) in [6.45, 7) is 4.88. The number of hydrogen-bond donors (Lipinski definition) is 2. The first-order valence-electron chi connectivity index (χ1n) is 7.01. The number of carbonyl (C=O) groups is 1. The van der Waals surface area contributed by atoms with Gasteiger partial charge in [-0.05, 0) is 31.7 Å². The number of hydrogen-bond acceptors (Lipinski definition) is 5. The first-order chi connectivity index (χ1) is 9.19. The van der Waals surface area contributed by atoms with E-state index in [4.69, 9.17) is 5.73 Å². The predicted octanol–water partition coefficient (Wildman–Crippen LogP) is 2.58. The Morgan fingerprint density at radius 2 is 2.11 bits per heavy atom. The van der Waals surface area contributed by atoms with Gasteiger partial charge in [-0.1, -0.05) is 38.0 Å². The van der Waals surface area contributed by atoms with Crippen LogP contribution in [0.2, 0.25) is 0 Å². The Labute approximate surface area is 119 Å². The van der Waals surface area contributed by atoms with Crippen LogP contribution in [0.3, 0.4) is 0 Å². The number of rotatable bonds is 9. The van der Waals surface area contributed by atoms with Gasteiger partial charge in [0.25, 0.3) is 0 Å². The lowest BCUT2D eigenvalue weighted by Gasteiger charge is -2.14. The van der Waals surface area contributed by atoms with Gasteiger partial charge in [0.2, 0.25) is 11.0 Å². The van der Waals surface area contributed by atoms with Crippen LogP contribution < -0.4 is 11.1 Å². The smallest absolute Gasteiger partial charge is 0.226 e. The van der Waals surface area contributed by atoms with Crippen LogP contribution in [0.25, 0.3) is 0 Å². The van der Waals surface area contributed by atoms with E-state index in [1.807, 2.05) is 6.92 Å². The van der Waals surface area contributed by atoms with Crippen molar-refractivity contribution in [2.45, 2.75) is 52.4 Å². The monoisotopic (exact) mass is 284 g/mol. The van der Waals surface area contributed by atoms with Crippen LogP contribution in [0.5, 0.6) is 0 Å². The number of aryl methyl sites for hydroxylation is 1. The second-order valence-electron chi connectivity index (χ2n) is 4.67. The summed E-state index contributed by atoms with van der Waals surface area (Å²) >= 11 is 1.44.